The number of aliphatic hydroxyl groups is 1. The molecule has 1 atom stereocenters. The van der Waals surface area contributed by atoms with E-state index in [4.69, 9.17) is 16.3 Å². The number of aliphatic hydroxyl groups excluding tert-OH is 1. The van der Waals surface area contributed by atoms with Gasteiger partial charge in [0.2, 0.25) is 0 Å². The van der Waals surface area contributed by atoms with Crippen LogP contribution in [0, 0.1) is 12.3 Å². The number of halogens is 1. The van der Waals surface area contributed by atoms with Crippen LogP contribution in [0.25, 0.3) is 0 Å². The number of thiophene rings is 1. The number of aliphatic imine (C=N–C) groups is 2. The van der Waals surface area contributed by atoms with Gasteiger partial charge in [0, 0.05) is 41.0 Å². The predicted molar refractivity (Wildman–Crippen MR) is 123 cm³/mol. The van der Waals surface area contributed by atoms with Crippen LogP contribution in [0.3, 0.4) is 0 Å². The molecule has 1 aromatic carbocycles. The maximum Gasteiger partial charge on any atom is 0.131 e. The lowest BCUT2D eigenvalue weighted by Gasteiger charge is -2.39. The molecule has 2 heterocycles. The van der Waals surface area contributed by atoms with Gasteiger partial charge in [0.25, 0.3) is 0 Å². The Morgan fingerprint density at radius 1 is 1.41 bits per heavy atom. The summed E-state index contributed by atoms with van der Waals surface area (Å²) in [7, 11) is 1.75. The third kappa shape index (κ3) is 4.56. The molecule has 5 nitrogen and oxygen atoms in total. The van der Waals surface area contributed by atoms with Gasteiger partial charge in [0.05, 0.1) is 29.0 Å². The van der Waals surface area contributed by atoms with Gasteiger partial charge in [0.1, 0.15) is 5.75 Å². The minimum atomic E-state index is -0.532. The molecule has 7 heteroatoms. The van der Waals surface area contributed by atoms with Gasteiger partial charge < -0.3 is 15.2 Å². The van der Waals surface area contributed by atoms with Gasteiger partial charge in [0.15, 0.2) is 0 Å². The molecule has 2 N–H and O–H groups in total. The highest BCUT2D eigenvalue weighted by molar-refractivity contribution is 7.15. The van der Waals surface area contributed by atoms with Crippen molar-refractivity contribution >= 4 is 41.1 Å². The zero-order valence-corrected chi connectivity index (χ0v) is 19.0. The number of nitrogens with zero attached hydrogens (tertiary/aromatic N) is 2. The molecular formula is C22H28ClN3O2S. The lowest BCUT2D eigenvalue weighted by atomic mass is 9.85. The van der Waals surface area contributed by atoms with Crippen molar-refractivity contribution in [1.82, 2.24) is 5.32 Å². The summed E-state index contributed by atoms with van der Waals surface area (Å²) in [5, 5.41) is 14.2. The number of benzene rings is 1. The zero-order chi connectivity index (χ0) is 21.2. The summed E-state index contributed by atoms with van der Waals surface area (Å²) in [5.41, 5.74) is 3.36. The highest BCUT2D eigenvalue weighted by atomic mass is 35.5. The average Bonchev–Trinajstić information content (AvgIpc) is 3.09. The van der Waals surface area contributed by atoms with E-state index in [1.54, 1.807) is 7.05 Å². The predicted octanol–water partition coefficient (Wildman–Crippen LogP) is 4.94. The second-order valence-electron chi connectivity index (χ2n) is 7.82. The lowest BCUT2D eigenvalue weighted by Crippen LogP contribution is -2.54. The van der Waals surface area contributed by atoms with E-state index in [1.165, 1.54) is 11.3 Å². The topological polar surface area (TPSA) is 66.2 Å². The highest BCUT2D eigenvalue weighted by Gasteiger charge is 2.33. The van der Waals surface area contributed by atoms with Crippen LogP contribution in [0.2, 0.25) is 5.02 Å². The Balaban J connectivity index is 2.05. The molecule has 0 bridgehead atoms. The number of nitrogens with one attached hydrogen (secondary N) is 1. The normalized spacial score (nSPS) is 17.0. The Kier molecular flexibility index (Phi) is 6.79. The first kappa shape index (κ1) is 22.0. The van der Waals surface area contributed by atoms with Crippen molar-refractivity contribution in [3.8, 4) is 5.75 Å². The molecular weight excluding hydrogens is 406 g/mol. The van der Waals surface area contributed by atoms with Crippen molar-refractivity contribution in [2.24, 2.45) is 15.4 Å². The van der Waals surface area contributed by atoms with Crippen LogP contribution >= 0.6 is 22.9 Å². The number of hydrogen-bond donors (Lipinski definition) is 2. The largest absolute Gasteiger partial charge is 0.492 e. The summed E-state index contributed by atoms with van der Waals surface area (Å²) in [6.07, 6.45) is 0.0992. The molecule has 0 amide bonds. The van der Waals surface area contributed by atoms with Crippen LogP contribution in [0.1, 0.15) is 47.3 Å². The van der Waals surface area contributed by atoms with Gasteiger partial charge in [-0.25, -0.2) is 0 Å². The third-order valence-corrected chi connectivity index (χ3v) is 6.67. The monoisotopic (exact) mass is 433 g/mol. The van der Waals surface area contributed by atoms with Crippen LogP contribution in [-0.4, -0.2) is 44.3 Å². The van der Waals surface area contributed by atoms with Crippen molar-refractivity contribution in [2.45, 2.75) is 33.3 Å². The first-order chi connectivity index (χ1) is 13.8. The second kappa shape index (κ2) is 8.96. The Bertz CT molecular complexity index is 934. The molecule has 1 saturated heterocycles. The average molecular weight is 434 g/mol. The molecule has 156 valence electrons. The van der Waals surface area contributed by atoms with E-state index in [2.05, 4.69) is 28.9 Å². The third-order valence-electron chi connectivity index (χ3n) is 5.22. The maximum absolute atomic E-state index is 10.3. The molecule has 2 aromatic rings. The Morgan fingerprint density at radius 2 is 2.14 bits per heavy atom. The van der Waals surface area contributed by atoms with E-state index in [9.17, 15) is 5.11 Å². The summed E-state index contributed by atoms with van der Waals surface area (Å²) < 4.78 is 6.31. The highest BCUT2D eigenvalue weighted by Crippen LogP contribution is 2.39. The molecule has 1 aromatic heterocycles. The molecule has 0 spiro atoms. The fraction of sp³-hybridized carbons (Fsp3) is 0.455. The van der Waals surface area contributed by atoms with Crippen molar-refractivity contribution in [2.75, 3.05) is 26.7 Å². The fourth-order valence-electron chi connectivity index (χ4n) is 3.39. The number of aryl methyl sites for hydroxylation is 1. The minimum absolute atomic E-state index is 0.127. The number of ether oxygens (including phenoxy) is 1. The van der Waals surface area contributed by atoms with E-state index in [0.717, 1.165) is 45.4 Å². The van der Waals surface area contributed by atoms with Gasteiger partial charge in [-0.2, -0.15) is 0 Å². The SMILES string of the molecule is C=Nc1cc(C(O)CC)sc1/C(=N\C)c1cc(Cl)cc(C)c1OCC1(C)CNC1. The van der Waals surface area contributed by atoms with E-state index < -0.39 is 6.10 Å². The van der Waals surface area contributed by atoms with E-state index in [0.29, 0.717) is 23.7 Å². The van der Waals surface area contributed by atoms with Crippen molar-refractivity contribution in [3.05, 3.63) is 44.1 Å². The van der Waals surface area contributed by atoms with Crippen molar-refractivity contribution in [3.63, 3.8) is 0 Å². The first-order valence-electron chi connectivity index (χ1n) is 9.71. The van der Waals surface area contributed by atoms with Gasteiger partial charge in [-0.05, 0) is 43.8 Å². The van der Waals surface area contributed by atoms with Crippen LogP contribution in [-0.2, 0) is 0 Å². The quantitative estimate of drug-likeness (QED) is 0.579. The van der Waals surface area contributed by atoms with E-state index >= 15 is 0 Å². The molecule has 0 radical (unpaired) electrons. The van der Waals surface area contributed by atoms with Gasteiger partial charge in [-0.15, -0.1) is 11.3 Å². The molecule has 3 rings (SSSR count). The Labute approximate surface area is 181 Å². The summed E-state index contributed by atoms with van der Waals surface area (Å²) in [6, 6.07) is 5.67. The van der Waals surface area contributed by atoms with Crippen LogP contribution in [0.4, 0.5) is 5.69 Å². The fourth-order valence-corrected chi connectivity index (χ4v) is 4.90. The van der Waals surface area contributed by atoms with Crippen LogP contribution in [0.5, 0.6) is 5.75 Å². The summed E-state index contributed by atoms with van der Waals surface area (Å²) in [5.74, 6) is 0.782. The minimum Gasteiger partial charge on any atom is -0.492 e. The smallest absolute Gasteiger partial charge is 0.131 e. The number of hydrogen-bond acceptors (Lipinski definition) is 6. The lowest BCUT2D eigenvalue weighted by molar-refractivity contribution is 0.101. The van der Waals surface area contributed by atoms with Crippen LogP contribution in [0.15, 0.2) is 28.2 Å². The number of rotatable bonds is 8. The first-order valence-corrected chi connectivity index (χ1v) is 10.9. The van der Waals surface area contributed by atoms with E-state index in [-0.39, 0.29) is 5.41 Å². The van der Waals surface area contributed by atoms with Gasteiger partial charge >= 0.3 is 0 Å². The van der Waals surface area contributed by atoms with Gasteiger partial charge in [-0.1, -0.05) is 25.4 Å². The van der Waals surface area contributed by atoms with E-state index in [1.807, 2.05) is 32.0 Å². The second-order valence-corrected chi connectivity index (χ2v) is 9.34. The molecule has 29 heavy (non-hydrogen) atoms. The van der Waals surface area contributed by atoms with Gasteiger partial charge in [-0.3, -0.25) is 9.98 Å². The van der Waals surface area contributed by atoms with Crippen LogP contribution < -0.4 is 10.1 Å². The zero-order valence-electron chi connectivity index (χ0n) is 17.4. The Hall–Kier alpha value is -1.73. The Morgan fingerprint density at radius 3 is 2.69 bits per heavy atom. The maximum atomic E-state index is 10.3. The summed E-state index contributed by atoms with van der Waals surface area (Å²) >= 11 is 7.88. The molecule has 0 aliphatic carbocycles. The standard InChI is InChI=1S/C22H28ClN3O2S/c1-6-17(27)18-9-16(24-4)21(29-18)19(25-5)15-8-14(23)7-13(2)20(15)28-12-22(3)10-26-11-22/h7-9,17,26-27H,4,6,10-12H2,1-3,5H3/b25-19-. The molecule has 1 aliphatic heterocycles. The molecule has 0 saturated carbocycles. The van der Waals surface area contributed by atoms with Crippen molar-refractivity contribution < 1.29 is 9.84 Å². The molecule has 1 aliphatic rings. The molecule has 1 unspecified atom stereocenters. The summed E-state index contributed by atoms with van der Waals surface area (Å²) in [4.78, 5) is 10.4. The molecule has 1 fully saturated rings. The van der Waals surface area contributed by atoms with Crippen molar-refractivity contribution in [1.29, 1.82) is 0 Å². The summed E-state index contributed by atoms with van der Waals surface area (Å²) in [6.45, 7) is 12.3.